The van der Waals surface area contributed by atoms with E-state index in [1.54, 1.807) is 0 Å². The van der Waals surface area contributed by atoms with Crippen molar-refractivity contribution in [3.63, 3.8) is 0 Å². The number of carbonyl (C=O) groups excluding carboxylic acids is 1. The minimum atomic E-state index is 0.0589. The predicted octanol–water partition coefficient (Wildman–Crippen LogP) is 0.955. The molecule has 2 bridgehead atoms. The van der Waals surface area contributed by atoms with E-state index >= 15 is 0 Å². The van der Waals surface area contributed by atoms with Gasteiger partial charge in [-0.15, -0.1) is 0 Å². The minimum absolute atomic E-state index is 0.0589. The van der Waals surface area contributed by atoms with Crippen LogP contribution in [-0.2, 0) is 4.79 Å². The van der Waals surface area contributed by atoms with Crippen molar-refractivity contribution in [3.05, 3.63) is 18.5 Å². The monoisotopic (exact) mass is 204 g/mol. The SMILES string of the molecule is O=C(Nc1ncn[nH]1)C1CC2C=CC1C2. The smallest absolute Gasteiger partial charge is 0.230 e. The third kappa shape index (κ3) is 1.44. The molecule has 0 spiro atoms. The van der Waals surface area contributed by atoms with Crippen molar-refractivity contribution >= 4 is 11.9 Å². The summed E-state index contributed by atoms with van der Waals surface area (Å²) in [5.41, 5.74) is 0. The molecule has 2 aliphatic rings. The Kier molecular flexibility index (Phi) is 1.83. The van der Waals surface area contributed by atoms with Crippen molar-refractivity contribution in [2.45, 2.75) is 12.8 Å². The summed E-state index contributed by atoms with van der Waals surface area (Å²) >= 11 is 0. The number of hydrogen-bond acceptors (Lipinski definition) is 3. The molecule has 3 atom stereocenters. The Morgan fingerprint density at radius 3 is 3.00 bits per heavy atom. The highest BCUT2D eigenvalue weighted by molar-refractivity contribution is 5.91. The van der Waals surface area contributed by atoms with Crippen LogP contribution in [0, 0.1) is 17.8 Å². The topological polar surface area (TPSA) is 70.7 Å². The van der Waals surface area contributed by atoms with E-state index in [2.05, 4.69) is 32.7 Å². The van der Waals surface area contributed by atoms with Crippen LogP contribution in [0.15, 0.2) is 18.5 Å². The number of fused-ring (bicyclic) bond motifs is 2. The molecule has 0 radical (unpaired) electrons. The van der Waals surface area contributed by atoms with Crippen molar-refractivity contribution in [1.82, 2.24) is 15.2 Å². The number of aromatic nitrogens is 3. The van der Waals surface area contributed by atoms with Crippen LogP contribution in [0.3, 0.4) is 0 Å². The Morgan fingerprint density at radius 2 is 2.40 bits per heavy atom. The fourth-order valence-corrected chi connectivity index (χ4v) is 2.56. The number of rotatable bonds is 2. The number of allylic oxidation sites excluding steroid dienone is 2. The van der Waals surface area contributed by atoms with Gasteiger partial charge in [-0.05, 0) is 24.7 Å². The molecule has 3 rings (SSSR count). The van der Waals surface area contributed by atoms with Gasteiger partial charge in [0.2, 0.25) is 11.9 Å². The molecule has 15 heavy (non-hydrogen) atoms. The third-order valence-corrected chi connectivity index (χ3v) is 3.27. The highest BCUT2D eigenvalue weighted by Gasteiger charge is 2.39. The van der Waals surface area contributed by atoms with E-state index in [4.69, 9.17) is 0 Å². The first kappa shape index (κ1) is 8.64. The lowest BCUT2D eigenvalue weighted by molar-refractivity contribution is -0.120. The number of hydrogen-bond donors (Lipinski definition) is 2. The average Bonchev–Trinajstić information content (AvgIpc) is 2.93. The standard InChI is InChI=1S/C10H12N4O/c15-9(13-10-11-5-12-14-10)8-4-6-1-2-7(8)3-6/h1-2,5-8H,3-4H2,(H2,11,12,13,14,15). The van der Waals surface area contributed by atoms with Gasteiger partial charge in [-0.2, -0.15) is 10.1 Å². The van der Waals surface area contributed by atoms with Crippen LogP contribution in [0.4, 0.5) is 5.95 Å². The van der Waals surface area contributed by atoms with E-state index in [-0.39, 0.29) is 11.8 Å². The maximum Gasteiger partial charge on any atom is 0.230 e. The Labute approximate surface area is 87.0 Å². The van der Waals surface area contributed by atoms with Gasteiger partial charge in [0.1, 0.15) is 6.33 Å². The van der Waals surface area contributed by atoms with Crippen molar-refractivity contribution in [2.24, 2.45) is 17.8 Å². The van der Waals surface area contributed by atoms with Crippen LogP contribution >= 0.6 is 0 Å². The number of anilines is 1. The normalized spacial score (nSPS) is 32.1. The average molecular weight is 204 g/mol. The van der Waals surface area contributed by atoms with E-state index in [0.717, 1.165) is 12.8 Å². The van der Waals surface area contributed by atoms with Crippen molar-refractivity contribution < 1.29 is 4.79 Å². The fraction of sp³-hybridized carbons (Fsp3) is 0.500. The summed E-state index contributed by atoms with van der Waals surface area (Å²) in [5, 5.41) is 9.06. The van der Waals surface area contributed by atoms with Gasteiger partial charge in [0.25, 0.3) is 0 Å². The Bertz CT molecular complexity index is 398. The summed E-state index contributed by atoms with van der Waals surface area (Å²) in [4.78, 5) is 15.7. The molecule has 2 N–H and O–H groups in total. The quantitative estimate of drug-likeness (QED) is 0.705. The molecular weight excluding hydrogens is 192 g/mol. The zero-order chi connectivity index (χ0) is 10.3. The molecule has 1 fully saturated rings. The van der Waals surface area contributed by atoms with Gasteiger partial charge >= 0.3 is 0 Å². The molecule has 1 heterocycles. The maximum absolute atomic E-state index is 11.9. The first-order chi connectivity index (χ1) is 7.33. The van der Waals surface area contributed by atoms with Crippen LogP contribution in [-0.4, -0.2) is 21.1 Å². The highest BCUT2D eigenvalue weighted by Crippen LogP contribution is 2.43. The zero-order valence-corrected chi connectivity index (χ0v) is 8.18. The molecule has 1 aromatic heterocycles. The van der Waals surface area contributed by atoms with E-state index < -0.39 is 0 Å². The summed E-state index contributed by atoms with van der Waals surface area (Å²) in [6.07, 6.45) is 7.88. The molecule has 1 saturated carbocycles. The Morgan fingerprint density at radius 1 is 1.47 bits per heavy atom. The van der Waals surface area contributed by atoms with Gasteiger partial charge in [-0.3, -0.25) is 10.1 Å². The number of carbonyl (C=O) groups is 1. The minimum Gasteiger partial charge on any atom is -0.295 e. The van der Waals surface area contributed by atoms with Gasteiger partial charge in [0.15, 0.2) is 0 Å². The largest absolute Gasteiger partial charge is 0.295 e. The van der Waals surface area contributed by atoms with Gasteiger partial charge in [-0.25, -0.2) is 5.10 Å². The van der Waals surface area contributed by atoms with Gasteiger partial charge in [0.05, 0.1) is 0 Å². The summed E-state index contributed by atoms with van der Waals surface area (Å²) in [5.74, 6) is 1.65. The van der Waals surface area contributed by atoms with Crippen molar-refractivity contribution in [3.8, 4) is 0 Å². The lowest BCUT2D eigenvalue weighted by atomic mass is 9.93. The molecule has 0 saturated heterocycles. The second-order valence-electron chi connectivity index (χ2n) is 4.21. The van der Waals surface area contributed by atoms with Crippen molar-refractivity contribution in [2.75, 3.05) is 5.32 Å². The summed E-state index contributed by atoms with van der Waals surface area (Å²) < 4.78 is 0. The predicted molar refractivity (Wildman–Crippen MR) is 53.9 cm³/mol. The van der Waals surface area contributed by atoms with E-state index in [1.165, 1.54) is 6.33 Å². The van der Waals surface area contributed by atoms with Crippen LogP contribution < -0.4 is 5.32 Å². The molecule has 0 aliphatic heterocycles. The fourth-order valence-electron chi connectivity index (χ4n) is 2.56. The van der Waals surface area contributed by atoms with Gasteiger partial charge in [0, 0.05) is 5.92 Å². The molecule has 1 aromatic rings. The molecule has 1 amide bonds. The molecular formula is C10H12N4O. The summed E-state index contributed by atoms with van der Waals surface area (Å²) in [7, 11) is 0. The van der Waals surface area contributed by atoms with Crippen LogP contribution in [0.1, 0.15) is 12.8 Å². The second-order valence-corrected chi connectivity index (χ2v) is 4.21. The molecule has 5 heteroatoms. The second kappa shape index (κ2) is 3.18. The number of nitrogens with zero attached hydrogens (tertiary/aromatic N) is 2. The van der Waals surface area contributed by atoms with Crippen molar-refractivity contribution in [1.29, 1.82) is 0 Å². The number of nitrogens with one attached hydrogen (secondary N) is 2. The molecule has 2 aliphatic carbocycles. The van der Waals surface area contributed by atoms with E-state index in [0.29, 0.717) is 17.8 Å². The van der Waals surface area contributed by atoms with Gasteiger partial charge < -0.3 is 0 Å². The van der Waals surface area contributed by atoms with Crippen LogP contribution in [0.2, 0.25) is 0 Å². The number of aromatic amines is 1. The molecule has 0 aromatic carbocycles. The van der Waals surface area contributed by atoms with Crippen LogP contribution in [0.25, 0.3) is 0 Å². The lowest BCUT2D eigenvalue weighted by Gasteiger charge is -2.16. The number of amides is 1. The summed E-state index contributed by atoms with van der Waals surface area (Å²) in [6.45, 7) is 0. The maximum atomic E-state index is 11.9. The van der Waals surface area contributed by atoms with Crippen LogP contribution in [0.5, 0.6) is 0 Å². The Balaban J connectivity index is 1.68. The lowest BCUT2D eigenvalue weighted by Crippen LogP contribution is -2.26. The third-order valence-electron chi connectivity index (χ3n) is 3.27. The first-order valence-electron chi connectivity index (χ1n) is 5.17. The van der Waals surface area contributed by atoms with E-state index in [1.807, 2.05) is 0 Å². The van der Waals surface area contributed by atoms with Gasteiger partial charge in [-0.1, -0.05) is 12.2 Å². The van der Waals surface area contributed by atoms with E-state index in [9.17, 15) is 4.79 Å². The molecule has 3 unspecified atom stereocenters. The highest BCUT2D eigenvalue weighted by atomic mass is 16.2. The summed E-state index contributed by atoms with van der Waals surface area (Å²) in [6, 6.07) is 0. The number of H-pyrrole nitrogens is 1. The Hall–Kier alpha value is -1.65. The first-order valence-corrected chi connectivity index (χ1v) is 5.17. The molecule has 5 nitrogen and oxygen atoms in total. The zero-order valence-electron chi connectivity index (χ0n) is 8.18. The molecule has 78 valence electrons.